The van der Waals surface area contributed by atoms with Gasteiger partial charge in [0.2, 0.25) is 0 Å². The van der Waals surface area contributed by atoms with Crippen LogP contribution in [0.1, 0.15) is 33.4 Å². The number of aliphatic imine (C=N–C) groups is 1. The molecule has 1 aromatic heterocycles. The van der Waals surface area contributed by atoms with Crippen LogP contribution >= 0.6 is 24.0 Å². The Labute approximate surface area is 151 Å². The van der Waals surface area contributed by atoms with Crippen LogP contribution in [0.25, 0.3) is 0 Å². The SMILES string of the molecule is CCNC(=NCc1ccccn1)NCC(OC)C(C)(C)C.I. The van der Waals surface area contributed by atoms with E-state index < -0.39 is 0 Å². The molecule has 0 fully saturated rings. The second-order valence-corrected chi connectivity index (χ2v) is 5.99. The average molecular weight is 420 g/mol. The van der Waals surface area contributed by atoms with E-state index in [9.17, 15) is 0 Å². The Balaban J connectivity index is 0.00000441. The number of nitrogens with zero attached hydrogens (tertiary/aromatic N) is 2. The molecule has 1 heterocycles. The molecule has 126 valence electrons. The maximum atomic E-state index is 5.55. The van der Waals surface area contributed by atoms with Gasteiger partial charge in [-0.2, -0.15) is 0 Å². The normalized spacial score (nSPS) is 13.2. The third-order valence-corrected chi connectivity index (χ3v) is 3.17. The van der Waals surface area contributed by atoms with Crippen molar-refractivity contribution < 1.29 is 4.74 Å². The van der Waals surface area contributed by atoms with Crippen molar-refractivity contribution in [3.05, 3.63) is 30.1 Å². The topological polar surface area (TPSA) is 58.5 Å². The zero-order valence-corrected chi connectivity index (χ0v) is 16.5. The molecule has 1 unspecified atom stereocenters. The number of hydrogen-bond donors (Lipinski definition) is 2. The minimum absolute atomic E-state index is 0. The Morgan fingerprint density at radius 1 is 1.32 bits per heavy atom. The summed E-state index contributed by atoms with van der Waals surface area (Å²) < 4.78 is 5.55. The van der Waals surface area contributed by atoms with Crippen molar-refractivity contribution in [2.75, 3.05) is 20.2 Å². The Hall–Kier alpha value is -0.890. The van der Waals surface area contributed by atoms with Crippen LogP contribution in [0.15, 0.2) is 29.4 Å². The molecule has 22 heavy (non-hydrogen) atoms. The molecular formula is C16H29IN4O. The second-order valence-electron chi connectivity index (χ2n) is 5.99. The molecule has 0 amide bonds. The second kappa shape index (κ2) is 10.8. The first-order valence-electron chi connectivity index (χ1n) is 7.42. The number of guanidine groups is 1. The average Bonchev–Trinajstić information content (AvgIpc) is 2.45. The smallest absolute Gasteiger partial charge is 0.191 e. The van der Waals surface area contributed by atoms with Gasteiger partial charge in [-0.3, -0.25) is 4.98 Å². The summed E-state index contributed by atoms with van der Waals surface area (Å²) in [4.78, 5) is 8.82. The fourth-order valence-electron chi connectivity index (χ4n) is 1.93. The molecule has 1 aromatic rings. The molecule has 0 bridgehead atoms. The van der Waals surface area contributed by atoms with Crippen LogP contribution in [0.3, 0.4) is 0 Å². The van der Waals surface area contributed by atoms with E-state index in [4.69, 9.17) is 4.74 Å². The first-order chi connectivity index (χ1) is 9.97. The van der Waals surface area contributed by atoms with Crippen molar-refractivity contribution in [1.29, 1.82) is 0 Å². The van der Waals surface area contributed by atoms with E-state index in [-0.39, 0.29) is 35.5 Å². The molecule has 0 saturated heterocycles. The van der Waals surface area contributed by atoms with E-state index in [0.29, 0.717) is 13.1 Å². The first kappa shape index (κ1) is 21.1. The lowest BCUT2D eigenvalue weighted by Crippen LogP contribution is -2.45. The standard InChI is InChI=1S/C16H28N4O.HI/c1-6-17-15(19-11-13-9-7-8-10-18-13)20-12-14(21-5)16(2,3)4;/h7-10,14H,6,11-12H2,1-5H3,(H2,17,19,20);1H. The Kier molecular flexibility index (Phi) is 10.3. The highest BCUT2D eigenvalue weighted by molar-refractivity contribution is 14.0. The first-order valence-corrected chi connectivity index (χ1v) is 7.42. The van der Waals surface area contributed by atoms with Gasteiger partial charge in [0, 0.05) is 26.4 Å². The van der Waals surface area contributed by atoms with Gasteiger partial charge in [0.15, 0.2) is 5.96 Å². The van der Waals surface area contributed by atoms with Crippen molar-refractivity contribution in [2.45, 2.75) is 40.3 Å². The number of ether oxygens (including phenoxy) is 1. The Morgan fingerprint density at radius 2 is 2.05 bits per heavy atom. The summed E-state index contributed by atoms with van der Waals surface area (Å²) in [5.41, 5.74) is 1.04. The number of hydrogen-bond acceptors (Lipinski definition) is 3. The molecular weight excluding hydrogens is 391 g/mol. The summed E-state index contributed by atoms with van der Waals surface area (Å²) in [6.07, 6.45) is 1.90. The van der Waals surface area contributed by atoms with Gasteiger partial charge in [-0.1, -0.05) is 26.8 Å². The van der Waals surface area contributed by atoms with Gasteiger partial charge in [0.05, 0.1) is 18.3 Å². The van der Waals surface area contributed by atoms with E-state index in [1.54, 1.807) is 13.3 Å². The van der Waals surface area contributed by atoms with Crippen LogP contribution in [0, 0.1) is 5.41 Å². The summed E-state index contributed by atoms with van der Waals surface area (Å²) in [7, 11) is 1.75. The lowest BCUT2D eigenvalue weighted by atomic mass is 9.89. The third-order valence-electron chi connectivity index (χ3n) is 3.17. The quantitative estimate of drug-likeness (QED) is 0.422. The largest absolute Gasteiger partial charge is 0.379 e. The highest BCUT2D eigenvalue weighted by atomic mass is 127. The summed E-state index contributed by atoms with van der Waals surface area (Å²) in [5.74, 6) is 0.787. The van der Waals surface area contributed by atoms with Gasteiger partial charge in [0.25, 0.3) is 0 Å². The Morgan fingerprint density at radius 3 is 2.55 bits per heavy atom. The molecule has 0 aliphatic carbocycles. The van der Waals surface area contributed by atoms with E-state index in [0.717, 1.165) is 18.2 Å². The number of rotatable bonds is 6. The van der Waals surface area contributed by atoms with Gasteiger partial charge in [-0.25, -0.2) is 4.99 Å². The maximum Gasteiger partial charge on any atom is 0.191 e. The van der Waals surface area contributed by atoms with Gasteiger partial charge in [-0.15, -0.1) is 24.0 Å². The van der Waals surface area contributed by atoms with Crippen LogP contribution in [0.4, 0.5) is 0 Å². The minimum atomic E-state index is 0. The molecule has 1 atom stereocenters. The van der Waals surface area contributed by atoms with Gasteiger partial charge >= 0.3 is 0 Å². The number of nitrogens with one attached hydrogen (secondary N) is 2. The van der Waals surface area contributed by atoms with Crippen molar-refractivity contribution in [3.63, 3.8) is 0 Å². The van der Waals surface area contributed by atoms with Crippen molar-refractivity contribution >= 4 is 29.9 Å². The number of methoxy groups -OCH3 is 1. The molecule has 0 saturated carbocycles. The fraction of sp³-hybridized carbons (Fsp3) is 0.625. The molecule has 0 radical (unpaired) electrons. The molecule has 2 N–H and O–H groups in total. The van der Waals surface area contributed by atoms with E-state index in [1.807, 2.05) is 18.2 Å². The van der Waals surface area contributed by atoms with Crippen LogP contribution in [0.2, 0.25) is 0 Å². The van der Waals surface area contributed by atoms with Crippen LogP contribution in [-0.4, -0.2) is 37.2 Å². The van der Waals surface area contributed by atoms with Crippen molar-refractivity contribution in [2.24, 2.45) is 10.4 Å². The van der Waals surface area contributed by atoms with Crippen LogP contribution < -0.4 is 10.6 Å². The predicted molar refractivity (Wildman–Crippen MR) is 103 cm³/mol. The predicted octanol–water partition coefficient (Wildman–Crippen LogP) is 2.82. The number of halogens is 1. The highest BCUT2D eigenvalue weighted by Gasteiger charge is 2.24. The lowest BCUT2D eigenvalue weighted by Gasteiger charge is -2.30. The van der Waals surface area contributed by atoms with Crippen molar-refractivity contribution in [1.82, 2.24) is 15.6 Å². The lowest BCUT2D eigenvalue weighted by molar-refractivity contribution is 0.0205. The number of pyridine rings is 1. The van der Waals surface area contributed by atoms with E-state index in [2.05, 4.69) is 48.3 Å². The fourth-order valence-corrected chi connectivity index (χ4v) is 1.93. The molecule has 1 rings (SSSR count). The summed E-state index contributed by atoms with van der Waals surface area (Å²) >= 11 is 0. The van der Waals surface area contributed by atoms with Crippen LogP contribution in [0.5, 0.6) is 0 Å². The molecule has 0 spiro atoms. The van der Waals surface area contributed by atoms with E-state index >= 15 is 0 Å². The third kappa shape index (κ3) is 7.93. The van der Waals surface area contributed by atoms with Gasteiger partial charge in [0.1, 0.15) is 0 Å². The molecule has 0 aliphatic rings. The van der Waals surface area contributed by atoms with Crippen LogP contribution in [-0.2, 0) is 11.3 Å². The maximum absolute atomic E-state index is 5.55. The zero-order chi connectivity index (χ0) is 15.7. The van der Waals surface area contributed by atoms with Gasteiger partial charge in [-0.05, 0) is 24.5 Å². The monoisotopic (exact) mass is 420 g/mol. The summed E-state index contributed by atoms with van der Waals surface area (Å²) in [6.45, 7) is 10.6. The van der Waals surface area contributed by atoms with Crippen molar-refractivity contribution in [3.8, 4) is 0 Å². The Bertz CT molecular complexity index is 432. The minimum Gasteiger partial charge on any atom is -0.379 e. The summed E-state index contributed by atoms with van der Waals surface area (Å²) in [5, 5.41) is 6.57. The molecule has 0 aliphatic heterocycles. The molecule has 6 heteroatoms. The zero-order valence-electron chi connectivity index (χ0n) is 14.2. The van der Waals surface area contributed by atoms with Gasteiger partial charge < -0.3 is 15.4 Å². The summed E-state index contributed by atoms with van der Waals surface area (Å²) in [6, 6.07) is 5.85. The number of aromatic nitrogens is 1. The molecule has 0 aromatic carbocycles. The molecule has 5 nitrogen and oxygen atoms in total. The van der Waals surface area contributed by atoms with E-state index in [1.165, 1.54) is 0 Å². The highest BCUT2D eigenvalue weighted by Crippen LogP contribution is 2.20.